The molecule has 11 heteroatoms. The van der Waals surface area contributed by atoms with Gasteiger partial charge < -0.3 is 11.1 Å². The fourth-order valence-corrected chi connectivity index (χ4v) is 5.86. The van der Waals surface area contributed by atoms with Crippen LogP contribution in [0.2, 0.25) is 0 Å². The summed E-state index contributed by atoms with van der Waals surface area (Å²) in [5.41, 5.74) is 8.92. The fraction of sp³-hybridized carbons (Fsp3) is 0.417. The molecule has 1 aliphatic heterocycles. The molecule has 1 fully saturated rings. The maximum absolute atomic E-state index is 12.9. The first-order valence-electron chi connectivity index (χ1n) is 11.6. The van der Waals surface area contributed by atoms with Crippen LogP contribution in [0.3, 0.4) is 0 Å². The van der Waals surface area contributed by atoms with Crippen molar-refractivity contribution in [1.29, 1.82) is 0 Å². The molecule has 0 atom stereocenters. The predicted octanol–water partition coefficient (Wildman–Crippen LogP) is 2.44. The van der Waals surface area contributed by atoms with Gasteiger partial charge in [0.25, 0.3) is 5.91 Å². The van der Waals surface area contributed by atoms with Gasteiger partial charge in [-0.3, -0.25) is 9.59 Å². The number of fused-ring (bicyclic) bond motifs is 1. The molecule has 1 aliphatic rings. The van der Waals surface area contributed by atoms with Gasteiger partial charge in [0.05, 0.1) is 11.1 Å². The molecular weight excluding hydrogens is 468 g/mol. The number of nitrogens with one attached hydrogen (secondary N) is 1. The molecule has 1 aromatic carbocycles. The van der Waals surface area contributed by atoms with E-state index in [-0.39, 0.29) is 22.8 Å². The van der Waals surface area contributed by atoms with Gasteiger partial charge in [-0.15, -0.1) is 0 Å². The number of primary amides is 1. The Morgan fingerprint density at radius 3 is 2.43 bits per heavy atom. The Bertz CT molecular complexity index is 1370. The van der Waals surface area contributed by atoms with Crippen LogP contribution < -0.4 is 11.1 Å². The lowest BCUT2D eigenvalue weighted by molar-refractivity contribution is -0.116. The number of aryl methyl sites for hydroxylation is 2. The smallest absolute Gasteiger partial charge is 0.254 e. The molecular formula is C24H30N6O4S. The van der Waals surface area contributed by atoms with Gasteiger partial charge >= 0.3 is 0 Å². The van der Waals surface area contributed by atoms with E-state index in [0.29, 0.717) is 42.5 Å². The third-order valence-electron chi connectivity index (χ3n) is 6.59. The monoisotopic (exact) mass is 498 g/mol. The van der Waals surface area contributed by atoms with Gasteiger partial charge in [0.15, 0.2) is 5.65 Å². The van der Waals surface area contributed by atoms with Crippen molar-refractivity contribution in [2.45, 2.75) is 51.3 Å². The third-order valence-corrected chi connectivity index (χ3v) is 8.51. The van der Waals surface area contributed by atoms with E-state index in [2.05, 4.69) is 22.3 Å². The minimum absolute atomic E-state index is 0.199. The number of piperidine rings is 1. The number of hydrogen-bond donors (Lipinski definition) is 2. The van der Waals surface area contributed by atoms with Crippen LogP contribution in [-0.2, 0) is 21.2 Å². The van der Waals surface area contributed by atoms with E-state index < -0.39 is 15.9 Å². The molecule has 3 aromatic rings. The largest absolute Gasteiger partial charge is 0.365 e. The summed E-state index contributed by atoms with van der Waals surface area (Å²) >= 11 is 0. The summed E-state index contributed by atoms with van der Waals surface area (Å²) in [6.07, 6.45) is 3.75. The van der Waals surface area contributed by atoms with E-state index >= 15 is 0 Å². The van der Waals surface area contributed by atoms with Crippen molar-refractivity contribution in [3.05, 3.63) is 53.0 Å². The summed E-state index contributed by atoms with van der Waals surface area (Å²) in [6.45, 7) is 6.87. The van der Waals surface area contributed by atoms with Crippen LogP contribution in [0.1, 0.15) is 53.5 Å². The van der Waals surface area contributed by atoms with Crippen LogP contribution in [0.5, 0.6) is 0 Å². The topological polar surface area (TPSA) is 140 Å². The Balaban J connectivity index is 1.40. The number of nitrogens with two attached hydrogens (primary N) is 1. The second kappa shape index (κ2) is 9.74. The predicted molar refractivity (Wildman–Crippen MR) is 132 cm³/mol. The molecule has 0 aliphatic carbocycles. The van der Waals surface area contributed by atoms with Crippen molar-refractivity contribution in [1.82, 2.24) is 18.9 Å². The van der Waals surface area contributed by atoms with Crippen LogP contribution in [-0.4, -0.2) is 52.2 Å². The number of aromatic nitrogens is 3. The van der Waals surface area contributed by atoms with Crippen molar-refractivity contribution in [3.8, 4) is 0 Å². The van der Waals surface area contributed by atoms with Gasteiger partial charge in [0, 0.05) is 36.6 Å². The number of rotatable bonds is 7. The normalized spacial score (nSPS) is 15.4. The zero-order valence-electron chi connectivity index (χ0n) is 20.1. The second-order valence-corrected chi connectivity index (χ2v) is 11.0. The summed E-state index contributed by atoms with van der Waals surface area (Å²) < 4.78 is 28.9. The lowest BCUT2D eigenvalue weighted by Gasteiger charge is -2.29. The van der Waals surface area contributed by atoms with Crippen LogP contribution in [0.4, 0.5) is 5.69 Å². The SMILES string of the molecule is Cc1nc2c(C(N)=O)cnn2c(C)c1CCC(=O)Nc1ccc(S(=O)(=O)N2CCC(C)CC2)cc1. The molecule has 35 heavy (non-hydrogen) atoms. The quantitative estimate of drug-likeness (QED) is 0.513. The summed E-state index contributed by atoms with van der Waals surface area (Å²) in [4.78, 5) is 28.9. The number of carbonyl (C=O) groups is 2. The Labute approximate surface area is 204 Å². The average Bonchev–Trinajstić information content (AvgIpc) is 3.24. The molecule has 0 radical (unpaired) electrons. The Morgan fingerprint density at radius 2 is 1.80 bits per heavy atom. The molecule has 3 N–H and O–H groups in total. The Hall–Kier alpha value is -3.31. The molecule has 0 spiro atoms. The molecule has 2 amide bonds. The molecule has 1 saturated heterocycles. The number of sulfonamides is 1. The zero-order valence-corrected chi connectivity index (χ0v) is 20.9. The van der Waals surface area contributed by atoms with Crippen molar-refractivity contribution in [3.63, 3.8) is 0 Å². The van der Waals surface area contributed by atoms with Gasteiger partial charge in [0.2, 0.25) is 15.9 Å². The molecule has 4 rings (SSSR count). The Morgan fingerprint density at radius 1 is 1.14 bits per heavy atom. The fourth-order valence-electron chi connectivity index (χ4n) is 4.39. The van der Waals surface area contributed by atoms with Crippen LogP contribution in [0, 0.1) is 19.8 Å². The van der Waals surface area contributed by atoms with Crippen molar-refractivity contribution >= 4 is 33.2 Å². The molecule has 0 unspecified atom stereocenters. The minimum Gasteiger partial charge on any atom is -0.365 e. The van der Waals surface area contributed by atoms with Crippen molar-refractivity contribution in [2.75, 3.05) is 18.4 Å². The van der Waals surface area contributed by atoms with Crippen molar-refractivity contribution in [2.24, 2.45) is 11.7 Å². The van der Waals surface area contributed by atoms with Crippen LogP contribution >= 0.6 is 0 Å². The Kier molecular flexibility index (Phi) is 6.91. The first-order chi connectivity index (χ1) is 16.6. The average molecular weight is 499 g/mol. The first kappa shape index (κ1) is 24.8. The van der Waals surface area contributed by atoms with E-state index in [4.69, 9.17) is 5.73 Å². The van der Waals surface area contributed by atoms with Gasteiger partial charge in [-0.1, -0.05) is 6.92 Å². The van der Waals surface area contributed by atoms with E-state index in [9.17, 15) is 18.0 Å². The van der Waals surface area contributed by atoms with Crippen LogP contribution in [0.15, 0.2) is 35.4 Å². The number of carbonyl (C=O) groups excluding carboxylic acids is 2. The van der Waals surface area contributed by atoms with Gasteiger partial charge in [-0.05, 0) is 68.9 Å². The number of nitrogens with zero attached hydrogens (tertiary/aromatic N) is 4. The molecule has 0 bridgehead atoms. The zero-order chi connectivity index (χ0) is 25.3. The maximum Gasteiger partial charge on any atom is 0.254 e. The highest BCUT2D eigenvalue weighted by Crippen LogP contribution is 2.24. The lowest BCUT2D eigenvalue weighted by atomic mass is 10.0. The van der Waals surface area contributed by atoms with Gasteiger partial charge in [0.1, 0.15) is 5.56 Å². The second-order valence-electron chi connectivity index (χ2n) is 9.08. The molecule has 0 saturated carbocycles. The number of amides is 2. The van der Waals surface area contributed by atoms with Crippen molar-refractivity contribution < 1.29 is 18.0 Å². The van der Waals surface area contributed by atoms with Crippen LogP contribution in [0.25, 0.3) is 5.65 Å². The molecule has 2 aromatic heterocycles. The van der Waals surface area contributed by atoms with Gasteiger partial charge in [-0.2, -0.15) is 9.40 Å². The number of anilines is 1. The maximum atomic E-state index is 12.9. The van der Waals surface area contributed by atoms with E-state index in [1.54, 1.807) is 16.6 Å². The highest BCUT2D eigenvalue weighted by atomic mass is 32.2. The highest BCUT2D eigenvalue weighted by Gasteiger charge is 2.28. The first-order valence-corrected chi connectivity index (χ1v) is 13.1. The molecule has 3 heterocycles. The van der Waals surface area contributed by atoms with E-state index in [0.717, 1.165) is 24.1 Å². The molecule has 10 nitrogen and oxygen atoms in total. The third kappa shape index (κ3) is 5.06. The minimum atomic E-state index is -3.53. The van der Waals surface area contributed by atoms with E-state index in [1.165, 1.54) is 22.6 Å². The highest BCUT2D eigenvalue weighted by molar-refractivity contribution is 7.89. The van der Waals surface area contributed by atoms with Gasteiger partial charge in [-0.25, -0.2) is 17.9 Å². The standard InChI is InChI=1S/C24H30N6O4S/c1-15-10-12-29(13-11-15)35(33,34)19-6-4-18(5-7-19)28-22(31)9-8-20-16(2)27-24-21(23(25)32)14-26-30(24)17(20)3/h4-7,14-15H,8-13H2,1-3H3,(H2,25,32)(H,28,31). The van der Waals surface area contributed by atoms with E-state index in [1.807, 2.05) is 13.8 Å². The summed E-state index contributed by atoms with van der Waals surface area (Å²) in [6, 6.07) is 6.28. The number of hydrogen-bond acceptors (Lipinski definition) is 6. The summed E-state index contributed by atoms with van der Waals surface area (Å²) in [5.74, 6) is -0.262. The number of benzene rings is 1. The molecule has 186 valence electrons. The lowest BCUT2D eigenvalue weighted by Crippen LogP contribution is -2.37. The summed E-state index contributed by atoms with van der Waals surface area (Å²) in [5, 5.41) is 7.02. The summed E-state index contributed by atoms with van der Waals surface area (Å²) in [7, 11) is -3.53.